The van der Waals surface area contributed by atoms with E-state index in [-0.39, 0.29) is 0 Å². The van der Waals surface area contributed by atoms with E-state index in [1.165, 1.54) is 12.8 Å². The Labute approximate surface area is 98.4 Å². The van der Waals surface area contributed by atoms with Crippen LogP contribution in [0.5, 0.6) is 5.88 Å². The second-order valence-electron chi connectivity index (χ2n) is 4.00. The summed E-state index contributed by atoms with van der Waals surface area (Å²) in [5.74, 6) is 1.97. The van der Waals surface area contributed by atoms with Crippen molar-refractivity contribution in [3.8, 4) is 5.88 Å². The van der Waals surface area contributed by atoms with Crippen molar-refractivity contribution in [2.75, 3.05) is 7.11 Å². The lowest BCUT2D eigenvalue weighted by Gasteiger charge is -2.07. The SMILES string of the molecule is COc1nc(C2CC2)nc2c(Cl)cccc12. The van der Waals surface area contributed by atoms with E-state index in [0.29, 0.717) is 16.8 Å². The van der Waals surface area contributed by atoms with Crippen molar-refractivity contribution >= 4 is 22.5 Å². The average molecular weight is 235 g/mol. The fraction of sp³-hybridized carbons (Fsp3) is 0.333. The third-order valence-electron chi connectivity index (χ3n) is 2.80. The number of rotatable bonds is 2. The smallest absolute Gasteiger partial charge is 0.224 e. The minimum absolute atomic E-state index is 0.495. The molecule has 1 aliphatic carbocycles. The third kappa shape index (κ3) is 1.52. The zero-order chi connectivity index (χ0) is 11.1. The quantitative estimate of drug-likeness (QED) is 0.801. The fourth-order valence-electron chi connectivity index (χ4n) is 1.79. The van der Waals surface area contributed by atoms with E-state index in [4.69, 9.17) is 16.3 Å². The first-order valence-corrected chi connectivity index (χ1v) is 5.67. The number of aromatic nitrogens is 2. The van der Waals surface area contributed by atoms with Crippen LogP contribution in [0.3, 0.4) is 0 Å². The molecule has 3 nitrogen and oxygen atoms in total. The second-order valence-corrected chi connectivity index (χ2v) is 4.41. The van der Waals surface area contributed by atoms with Crippen molar-refractivity contribution in [2.24, 2.45) is 0 Å². The highest BCUT2D eigenvalue weighted by Gasteiger charge is 2.28. The molecule has 0 atom stereocenters. The summed E-state index contributed by atoms with van der Waals surface area (Å²) in [5.41, 5.74) is 0.790. The molecule has 1 saturated carbocycles. The molecule has 0 bridgehead atoms. The van der Waals surface area contributed by atoms with Crippen LogP contribution in [0.4, 0.5) is 0 Å². The third-order valence-corrected chi connectivity index (χ3v) is 3.10. The molecule has 0 unspecified atom stereocenters. The zero-order valence-corrected chi connectivity index (χ0v) is 9.66. The maximum Gasteiger partial charge on any atom is 0.224 e. The molecule has 0 amide bonds. The Morgan fingerprint density at radius 1 is 1.31 bits per heavy atom. The highest BCUT2D eigenvalue weighted by molar-refractivity contribution is 6.35. The van der Waals surface area contributed by atoms with Gasteiger partial charge in [0, 0.05) is 5.92 Å². The molecule has 0 aliphatic heterocycles. The topological polar surface area (TPSA) is 35.0 Å². The molecular formula is C12H11ClN2O. The summed E-state index contributed by atoms with van der Waals surface area (Å²) in [7, 11) is 1.62. The molecule has 0 saturated heterocycles. The molecule has 1 heterocycles. The number of halogens is 1. The van der Waals surface area contributed by atoms with Crippen LogP contribution in [0.25, 0.3) is 10.9 Å². The molecular weight excluding hydrogens is 224 g/mol. The van der Waals surface area contributed by atoms with Crippen LogP contribution in [-0.4, -0.2) is 17.1 Å². The van der Waals surface area contributed by atoms with Gasteiger partial charge in [0.25, 0.3) is 0 Å². The van der Waals surface area contributed by atoms with Gasteiger partial charge < -0.3 is 4.74 Å². The van der Waals surface area contributed by atoms with E-state index < -0.39 is 0 Å². The van der Waals surface area contributed by atoms with E-state index in [0.717, 1.165) is 16.7 Å². The maximum atomic E-state index is 6.14. The van der Waals surface area contributed by atoms with E-state index >= 15 is 0 Å². The molecule has 2 aromatic rings. The molecule has 1 aromatic carbocycles. The van der Waals surface area contributed by atoms with Gasteiger partial charge in [-0.1, -0.05) is 17.7 Å². The van der Waals surface area contributed by atoms with Crippen LogP contribution in [-0.2, 0) is 0 Å². The predicted molar refractivity (Wildman–Crippen MR) is 63.1 cm³/mol. The van der Waals surface area contributed by atoms with Gasteiger partial charge in [0.05, 0.1) is 23.0 Å². The van der Waals surface area contributed by atoms with Crippen LogP contribution >= 0.6 is 11.6 Å². The Bertz CT molecular complexity index is 552. The Balaban J connectivity index is 2.30. The highest BCUT2D eigenvalue weighted by Crippen LogP contribution is 2.40. The molecule has 16 heavy (non-hydrogen) atoms. The predicted octanol–water partition coefficient (Wildman–Crippen LogP) is 3.17. The zero-order valence-electron chi connectivity index (χ0n) is 8.90. The Hall–Kier alpha value is -1.35. The van der Waals surface area contributed by atoms with Crippen molar-refractivity contribution in [3.05, 3.63) is 29.0 Å². The lowest BCUT2D eigenvalue weighted by Crippen LogP contribution is -1.98. The first-order valence-electron chi connectivity index (χ1n) is 5.29. The molecule has 0 radical (unpaired) electrons. The minimum atomic E-state index is 0.495. The number of ether oxygens (including phenoxy) is 1. The monoisotopic (exact) mass is 234 g/mol. The van der Waals surface area contributed by atoms with Crippen molar-refractivity contribution in [3.63, 3.8) is 0 Å². The number of benzene rings is 1. The van der Waals surface area contributed by atoms with Crippen LogP contribution < -0.4 is 4.74 Å². The summed E-state index contributed by atoms with van der Waals surface area (Å²) in [5, 5.41) is 1.53. The number of hydrogen-bond acceptors (Lipinski definition) is 3. The van der Waals surface area contributed by atoms with Gasteiger partial charge in [-0.2, -0.15) is 4.98 Å². The van der Waals surface area contributed by atoms with Gasteiger partial charge in [0.1, 0.15) is 5.82 Å². The fourth-order valence-corrected chi connectivity index (χ4v) is 2.00. The number of para-hydroxylation sites is 1. The second kappa shape index (κ2) is 3.59. The van der Waals surface area contributed by atoms with E-state index in [1.54, 1.807) is 7.11 Å². The van der Waals surface area contributed by atoms with Gasteiger partial charge in [-0.25, -0.2) is 4.98 Å². The number of nitrogens with zero attached hydrogens (tertiary/aromatic N) is 2. The molecule has 1 aliphatic rings. The van der Waals surface area contributed by atoms with Crippen LogP contribution in [0.2, 0.25) is 5.02 Å². The average Bonchev–Trinajstić information content (AvgIpc) is 3.12. The summed E-state index contributed by atoms with van der Waals surface area (Å²) in [4.78, 5) is 8.95. The molecule has 0 N–H and O–H groups in total. The molecule has 82 valence electrons. The van der Waals surface area contributed by atoms with Crippen molar-refractivity contribution in [1.29, 1.82) is 0 Å². The molecule has 3 rings (SSSR count). The normalized spacial score (nSPS) is 15.4. The van der Waals surface area contributed by atoms with Gasteiger partial charge in [-0.15, -0.1) is 0 Å². The van der Waals surface area contributed by atoms with Crippen LogP contribution in [0, 0.1) is 0 Å². The summed E-state index contributed by atoms with van der Waals surface area (Å²) >= 11 is 6.14. The van der Waals surface area contributed by atoms with Gasteiger partial charge >= 0.3 is 0 Å². The van der Waals surface area contributed by atoms with Crippen molar-refractivity contribution in [1.82, 2.24) is 9.97 Å². The minimum Gasteiger partial charge on any atom is -0.480 e. The maximum absolute atomic E-state index is 6.14. The Morgan fingerprint density at radius 3 is 2.81 bits per heavy atom. The summed E-state index contributed by atoms with van der Waals surface area (Å²) < 4.78 is 5.29. The molecule has 0 spiro atoms. The van der Waals surface area contributed by atoms with Crippen molar-refractivity contribution in [2.45, 2.75) is 18.8 Å². The number of methoxy groups -OCH3 is 1. The Kier molecular flexibility index (Phi) is 2.21. The first-order chi connectivity index (χ1) is 7.79. The van der Waals surface area contributed by atoms with E-state index in [9.17, 15) is 0 Å². The largest absolute Gasteiger partial charge is 0.480 e. The molecule has 4 heteroatoms. The summed E-state index contributed by atoms with van der Waals surface area (Å²) in [6.07, 6.45) is 2.33. The van der Waals surface area contributed by atoms with Gasteiger partial charge in [0.2, 0.25) is 5.88 Å². The highest BCUT2D eigenvalue weighted by atomic mass is 35.5. The first kappa shape index (κ1) is 9.85. The molecule has 1 fully saturated rings. The molecule has 1 aromatic heterocycles. The van der Waals surface area contributed by atoms with E-state index in [2.05, 4.69) is 9.97 Å². The van der Waals surface area contributed by atoms with E-state index in [1.807, 2.05) is 18.2 Å². The van der Waals surface area contributed by atoms with Crippen molar-refractivity contribution < 1.29 is 4.74 Å². The number of hydrogen-bond donors (Lipinski definition) is 0. The van der Waals surface area contributed by atoms with Gasteiger partial charge in [0.15, 0.2) is 0 Å². The lowest BCUT2D eigenvalue weighted by atomic mass is 10.2. The number of fused-ring (bicyclic) bond motifs is 1. The lowest BCUT2D eigenvalue weighted by molar-refractivity contribution is 0.400. The summed E-state index contributed by atoms with van der Waals surface area (Å²) in [6, 6.07) is 5.65. The van der Waals surface area contributed by atoms with Gasteiger partial charge in [-0.3, -0.25) is 0 Å². The van der Waals surface area contributed by atoms with Crippen LogP contribution in [0.15, 0.2) is 18.2 Å². The van der Waals surface area contributed by atoms with Gasteiger partial charge in [-0.05, 0) is 25.0 Å². The van der Waals surface area contributed by atoms with Crippen LogP contribution in [0.1, 0.15) is 24.6 Å². The summed E-state index contributed by atoms with van der Waals surface area (Å²) in [6.45, 7) is 0. The Morgan fingerprint density at radius 2 is 2.12 bits per heavy atom. The standard InChI is InChI=1S/C12H11ClN2O/c1-16-12-8-3-2-4-9(13)10(8)14-11(15-12)7-5-6-7/h2-4,7H,5-6H2,1H3.